The normalized spacial score (nSPS) is 17.2. The molecule has 1 aliphatic rings. The molecule has 1 saturated heterocycles. The van der Waals surface area contributed by atoms with Crippen molar-refractivity contribution >= 4 is 21.6 Å². The highest BCUT2D eigenvalue weighted by molar-refractivity contribution is 7.89. The molecule has 0 aromatic heterocycles. The molecule has 8 heteroatoms. The lowest BCUT2D eigenvalue weighted by Gasteiger charge is -2.24. The van der Waals surface area contributed by atoms with Crippen LogP contribution in [0.2, 0.25) is 0 Å². The third-order valence-corrected chi connectivity index (χ3v) is 7.15. The second kappa shape index (κ2) is 8.42. The molecular formula is C21H26N2O5S. The topological polar surface area (TPSA) is 84.9 Å². The third kappa shape index (κ3) is 4.23. The van der Waals surface area contributed by atoms with Crippen molar-refractivity contribution in [1.82, 2.24) is 4.31 Å². The van der Waals surface area contributed by atoms with E-state index < -0.39 is 16.1 Å². The molecule has 1 unspecified atom stereocenters. The van der Waals surface area contributed by atoms with Gasteiger partial charge in [0.1, 0.15) is 6.04 Å². The molecule has 0 aliphatic carbocycles. The number of hydrogen-bond donors (Lipinski definition) is 1. The van der Waals surface area contributed by atoms with Crippen LogP contribution in [0, 0.1) is 13.8 Å². The van der Waals surface area contributed by atoms with Gasteiger partial charge >= 0.3 is 0 Å². The van der Waals surface area contributed by atoms with Gasteiger partial charge in [0.2, 0.25) is 15.9 Å². The minimum atomic E-state index is -3.86. The monoisotopic (exact) mass is 418 g/mol. The molecule has 1 heterocycles. The van der Waals surface area contributed by atoms with Crippen LogP contribution in [0.5, 0.6) is 11.5 Å². The van der Waals surface area contributed by atoms with E-state index in [4.69, 9.17) is 9.47 Å². The molecule has 2 aromatic rings. The van der Waals surface area contributed by atoms with Crippen LogP contribution >= 0.6 is 0 Å². The number of benzene rings is 2. The lowest BCUT2D eigenvalue weighted by atomic mass is 10.1. The number of carbonyl (C=O) groups excluding carboxylic acids is 1. The average molecular weight is 419 g/mol. The van der Waals surface area contributed by atoms with E-state index in [1.165, 1.54) is 30.7 Å². The summed E-state index contributed by atoms with van der Waals surface area (Å²) in [5, 5.41) is 2.86. The number of hydrogen-bond acceptors (Lipinski definition) is 5. The molecule has 3 rings (SSSR count). The fourth-order valence-electron chi connectivity index (χ4n) is 3.45. The lowest BCUT2D eigenvalue weighted by Crippen LogP contribution is -2.43. The van der Waals surface area contributed by atoms with Crippen molar-refractivity contribution in [2.75, 3.05) is 26.1 Å². The minimum Gasteiger partial charge on any atom is -0.493 e. The Labute approximate surface area is 171 Å². The number of amides is 1. The highest BCUT2D eigenvalue weighted by atomic mass is 32.2. The van der Waals surface area contributed by atoms with Crippen molar-refractivity contribution in [2.24, 2.45) is 0 Å². The minimum absolute atomic E-state index is 0.0704. The zero-order valence-electron chi connectivity index (χ0n) is 17.1. The predicted octanol–water partition coefficient (Wildman–Crippen LogP) is 3.11. The summed E-state index contributed by atoms with van der Waals surface area (Å²) in [4.78, 5) is 12.9. The SMILES string of the molecule is COc1ccc(S(=O)(=O)N2CCCC2C(=O)Nc2ccc(C)c(C)c2)cc1OC. The number of ether oxygens (including phenoxy) is 2. The van der Waals surface area contributed by atoms with E-state index in [-0.39, 0.29) is 10.8 Å². The van der Waals surface area contributed by atoms with E-state index >= 15 is 0 Å². The molecule has 1 atom stereocenters. The van der Waals surface area contributed by atoms with Crippen molar-refractivity contribution < 1.29 is 22.7 Å². The van der Waals surface area contributed by atoms with Crippen molar-refractivity contribution in [3.63, 3.8) is 0 Å². The lowest BCUT2D eigenvalue weighted by molar-refractivity contribution is -0.119. The van der Waals surface area contributed by atoms with Gasteiger partial charge in [-0.1, -0.05) is 6.07 Å². The van der Waals surface area contributed by atoms with Crippen LogP contribution < -0.4 is 14.8 Å². The molecule has 0 saturated carbocycles. The molecule has 0 radical (unpaired) electrons. The number of rotatable bonds is 6. The first kappa shape index (κ1) is 21.1. The van der Waals surface area contributed by atoms with Crippen molar-refractivity contribution in [3.8, 4) is 11.5 Å². The van der Waals surface area contributed by atoms with Crippen LogP contribution in [0.25, 0.3) is 0 Å². The van der Waals surface area contributed by atoms with E-state index in [0.717, 1.165) is 11.1 Å². The predicted molar refractivity (Wildman–Crippen MR) is 111 cm³/mol. The molecule has 0 spiro atoms. The molecule has 0 bridgehead atoms. The van der Waals surface area contributed by atoms with Gasteiger partial charge in [0.25, 0.3) is 0 Å². The Kier molecular flexibility index (Phi) is 6.14. The number of nitrogens with one attached hydrogen (secondary N) is 1. The van der Waals surface area contributed by atoms with Crippen LogP contribution in [0.3, 0.4) is 0 Å². The van der Waals surface area contributed by atoms with Crippen molar-refractivity contribution in [2.45, 2.75) is 37.6 Å². The summed E-state index contributed by atoms with van der Waals surface area (Å²) in [5.41, 5.74) is 2.85. The molecule has 29 heavy (non-hydrogen) atoms. The summed E-state index contributed by atoms with van der Waals surface area (Å²) in [6, 6.07) is 9.31. The maximum atomic E-state index is 13.2. The second-order valence-corrected chi connectivity index (χ2v) is 8.97. The standard InChI is InChI=1S/C21H26N2O5S/c1-14-7-8-16(12-15(14)2)22-21(24)18-6-5-11-23(18)29(25,26)17-9-10-19(27-3)20(13-17)28-4/h7-10,12-13,18H,5-6,11H2,1-4H3,(H,22,24). The first-order valence-electron chi connectivity index (χ1n) is 9.40. The Balaban J connectivity index is 1.85. The van der Waals surface area contributed by atoms with E-state index in [0.29, 0.717) is 36.6 Å². The van der Waals surface area contributed by atoms with Crippen LogP contribution in [-0.2, 0) is 14.8 Å². The third-order valence-electron chi connectivity index (χ3n) is 5.24. The van der Waals surface area contributed by atoms with Gasteiger partial charge in [-0.25, -0.2) is 8.42 Å². The van der Waals surface area contributed by atoms with Gasteiger partial charge in [0.05, 0.1) is 19.1 Å². The summed E-state index contributed by atoms with van der Waals surface area (Å²) < 4.78 is 38.1. The number of anilines is 1. The average Bonchev–Trinajstić information content (AvgIpc) is 3.21. The Hall–Kier alpha value is -2.58. The summed E-state index contributed by atoms with van der Waals surface area (Å²) in [6.07, 6.45) is 1.10. The van der Waals surface area contributed by atoms with Gasteiger partial charge in [-0.3, -0.25) is 4.79 Å². The zero-order valence-corrected chi connectivity index (χ0v) is 17.9. The first-order valence-corrected chi connectivity index (χ1v) is 10.8. The fourth-order valence-corrected chi connectivity index (χ4v) is 5.12. The van der Waals surface area contributed by atoms with Gasteiger partial charge in [0, 0.05) is 18.3 Å². The summed E-state index contributed by atoms with van der Waals surface area (Å²) >= 11 is 0. The van der Waals surface area contributed by atoms with E-state index in [2.05, 4.69) is 5.32 Å². The second-order valence-electron chi connectivity index (χ2n) is 7.08. The van der Waals surface area contributed by atoms with Crippen LogP contribution in [-0.4, -0.2) is 45.4 Å². The molecule has 1 aliphatic heterocycles. The van der Waals surface area contributed by atoms with Gasteiger partial charge in [-0.15, -0.1) is 0 Å². The molecule has 156 valence electrons. The van der Waals surface area contributed by atoms with Gasteiger partial charge in [0.15, 0.2) is 11.5 Å². The summed E-state index contributed by atoms with van der Waals surface area (Å²) in [6.45, 7) is 4.26. The first-order chi connectivity index (χ1) is 13.8. The number of carbonyl (C=O) groups is 1. The Morgan fingerprint density at radius 1 is 1.03 bits per heavy atom. The maximum Gasteiger partial charge on any atom is 0.243 e. The van der Waals surface area contributed by atoms with Gasteiger partial charge in [-0.05, 0) is 62.1 Å². The van der Waals surface area contributed by atoms with Crippen molar-refractivity contribution in [1.29, 1.82) is 0 Å². The van der Waals surface area contributed by atoms with Crippen molar-refractivity contribution in [3.05, 3.63) is 47.5 Å². The molecule has 1 fully saturated rings. The smallest absolute Gasteiger partial charge is 0.243 e. The van der Waals surface area contributed by atoms with Crippen LogP contribution in [0.15, 0.2) is 41.3 Å². The van der Waals surface area contributed by atoms with E-state index in [1.54, 1.807) is 6.07 Å². The zero-order chi connectivity index (χ0) is 21.2. The molecule has 2 aromatic carbocycles. The Bertz CT molecular complexity index is 1020. The quantitative estimate of drug-likeness (QED) is 0.779. The molecular weight excluding hydrogens is 392 g/mol. The summed E-state index contributed by atoms with van der Waals surface area (Å²) in [5.74, 6) is 0.440. The Morgan fingerprint density at radius 2 is 1.76 bits per heavy atom. The maximum absolute atomic E-state index is 13.2. The Morgan fingerprint density at radius 3 is 2.41 bits per heavy atom. The summed E-state index contributed by atoms with van der Waals surface area (Å²) in [7, 11) is -0.927. The largest absolute Gasteiger partial charge is 0.493 e. The van der Waals surface area contributed by atoms with E-state index in [1.807, 2.05) is 32.0 Å². The number of aryl methyl sites for hydroxylation is 2. The highest BCUT2D eigenvalue weighted by Crippen LogP contribution is 2.33. The number of sulfonamides is 1. The van der Waals surface area contributed by atoms with E-state index in [9.17, 15) is 13.2 Å². The van der Waals surface area contributed by atoms with Crippen LogP contribution in [0.1, 0.15) is 24.0 Å². The molecule has 1 N–H and O–H groups in total. The number of nitrogens with zero attached hydrogens (tertiary/aromatic N) is 1. The molecule has 1 amide bonds. The highest BCUT2D eigenvalue weighted by Gasteiger charge is 2.39. The fraction of sp³-hybridized carbons (Fsp3) is 0.381. The van der Waals surface area contributed by atoms with Gasteiger partial charge in [-0.2, -0.15) is 4.31 Å². The number of methoxy groups -OCH3 is 2. The molecule has 7 nitrogen and oxygen atoms in total. The van der Waals surface area contributed by atoms with Gasteiger partial charge < -0.3 is 14.8 Å². The van der Waals surface area contributed by atoms with Crippen LogP contribution in [0.4, 0.5) is 5.69 Å².